The predicted octanol–water partition coefficient (Wildman–Crippen LogP) is 6.92. The van der Waals surface area contributed by atoms with Crippen molar-refractivity contribution in [3.63, 3.8) is 0 Å². The van der Waals surface area contributed by atoms with Crippen LogP contribution in [-0.2, 0) is 9.59 Å². The van der Waals surface area contributed by atoms with Gasteiger partial charge in [0.05, 0.1) is 6.04 Å². The molecule has 0 aromatic heterocycles. The van der Waals surface area contributed by atoms with Crippen LogP contribution >= 0.6 is 15.9 Å². The van der Waals surface area contributed by atoms with Crippen LogP contribution in [0.5, 0.6) is 0 Å². The average molecular weight is 533 g/mol. The summed E-state index contributed by atoms with van der Waals surface area (Å²) in [7, 11) is 0. The number of para-hydroxylation sites is 2. The van der Waals surface area contributed by atoms with Gasteiger partial charge in [-0.25, -0.2) is 0 Å². The van der Waals surface area contributed by atoms with Crippen molar-refractivity contribution >= 4 is 45.2 Å². The van der Waals surface area contributed by atoms with Gasteiger partial charge in [-0.15, -0.1) is 0 Å². The second-order valence-electron chi connectivity index (χ2n) is 8.67. The molecule has 4 aromatic rings. The molecule has 0 saturated heterocycles. The van der Waals surface area contributed by atoms with Gasteiger partial charge in [0.15, 0.2) is 0 Å². The molecule has 36 heavy (non-hydrogen) atoms. The first-order valence-corrected chi connectivity index (χ1v) is 12.5. The van der Waals surface area contributed by atoms with Gasteiger partial charge in [0.25, 0.3) is 11.8 Å². The summed E-state index contributed by atoms with van der Waals surface area (Å²) in [5.41, 5.74) is 4.96. The summed E-state index contributed by atoms with van der Waals surface area (Å²) in [5, 5.41) is 0. The minimum atomic E-state index is -0.435. The van der Waals surface area contributed by atoms with Crippen molar-refractivity contribution in [2.24, 2.45) is 0 Å². The number of hydrogen-bond acceptors (Lipinski definition) is 2. The van der Waals surface area contributed by atoms with Crippen LogP contribution in [0.25, 0.3) is 6.08 Å². The molecule has 5 heteroatoms. The predicted molar refractivity (Wildman–Crippen MR) is 146 cm³/mol. The Morgan fingerprint density at radius 1 is 0.639 bits per heavy atom. The van der Waals surface area contributed by atoms with Crippen molar-refractivity contribution in [1.82, 2.24) is 0 Å². The van der Waals surface area contributed by atoms with Gasteiger partial charge in [0, 0.05) is 27.0 Å². The lowest BCUT2D eigenvalue weighted by atomic mass is 9.93. The topological polar surface area (TPSA) is 40.6 Å². The Kier molecular flexibility index (Phi) is 5.62. The molecule has 2 amide bonds. The van der Waals surface area contributed by atoms with Crippen molar-refractivity contribution in [1.29, 1.82) is 0 Å². The molecule has 0 aliphatic carbocycles. The van der Waals surface area contributed by atoms with E-state index in [4.69, 9.17) is 0 Å². The van der Waals surface area contributed by atoms with Gasteiger partial charge in [0.2, 0.25) is 0 Å². The fourth-order valence-electron chi connectivity index (χ4n) is 4.93. The van der Waals surface area contributed by atoms with Crippen LogP contribution < -0.4 is 9.80 Å². The molecule has 0 radical (unpaired) electrons. The van der Waals surface area contributed by atoms with Gasteiger partial charge in [-0.05, 0) is 53.6 Å². The summed E-state index contributed by atoms with van der Waals surface area (Å²) in [6.07, 6.45) is 1.89. The van der Waals surface area contributed by atoms with E-state index < -0.39 is 6.04 Å². The maximum Gasteiger partial charge on any atom is 0.276 e. The van der Waals surface area contributed by atoms with Crippen molar-refractivity contribution in [3.05, 3.63) is 148 Å². The fraction of sp³-hybridized carbons (Fsp3) is 0.0323. The molecular formula is C31H21BrN2O2. The summed E-state index contributed by atoms with van der Waals surface area (Å²) >= 11 is 3.48. The Hall–Kier alpha value is -4.22. The average Bonchev–Trinajstić information content (AvgIpc) is 3.37. The highest BCUT2D eigenvalue weighted by Crippen LogP contribution is 2.50. The number of nitrogens with zero attached hydrogens (tertiary/aromatic N) is 2. The van der Waals surface area contributed by atoms with Crippen LogP contribution in [0.1, 0.15) is 17.2 Å². The summed E-state index contributed by atoms with van der Waals surface area (Å²) < 4.78 is 0.960. The van der Waals surface area contributed by atoms with E-state index >= 15 is 0 Å². The molecule has 174 valence electrons. The molecule has 0 spiro atoms. The number of benzene rings is 4. The molecule has 0 fully saturated rings. The Morgan fingerprint density at radius 3 is 1.81 bits per heavy atom. The Bertz CT molecular complexity index is 1510. The smallest absolute Gasteiger partial charge is 0.276 e. The normalized spacial score (nSPS) is 18.4. The van der Waals surface area contributed by atoms with Crippen LogP contribution in [0.4, 0.5) is 11.4 Å². The molecule has 2 aliphatic rings. The monoisotopic (exact) mass is 532 g/mol. The number of amides is 2. The lowest BCUT2D eigenvalue weighted by molar-refractivity contribution is -0.118. The van der Waals surface area contributed by atoms with E-state index in [0.717, 1.165) is 26.9 Å². The number of anilines is 2. The number of hydrogen-bond donors (Lipinski definition) is 0. The molecule has 2 heterocycles. The lowest BCUT2D eigenvalue weighted by Crippen LogP contribution is -2.38. The van der Waals surface area contributed by atoms with Crippen LogP contribution in [0.15, 0.2) is 137 Å². The third kappa shape index (κ3) is 3.69. The Labute approximate surface area is 217 Å². The zero-order chi connectivity index (χ0) is 24.6. The van der Waals surface area contributed by atoms with Gasteiger partial charge in [-0.3, -0.25) is 19.4 Å². The molecule has 6 rings (SSSR count). The molecule has 0 bridgehead atoms. The number of rotatable bonds is 4. The lowest BCUT2D eigenvalue weighted by Gasteiger charge is -2.30. The Morgan fingerprint density at radius 2 is 1.19 bits per heavy atom. The quantitative estimate of drug-likeness (QED) is 0.267. The van der Waals surface area contributed by atoms with Crippen LogP contribution in [0, 0.1) is 0 Å². The molecular weight excluding hydrogens is 512 g/mol. The maximum atomic E-state index is 14.2. The molecule has 4 nitrogen and oxygen atoms in total. The van der Waals surface area contributed by atoms with E-state index in [1.165, 1.54) is 0 Å². The zero-order valence-electron chi connectivity index (χ0n) is 19.2. The number of halogens is 1. The summed E-state index contributed by atoms with van der Waals surface area (Å²) in [5.74, 6) is -0.391. The summed E-state index contributed by atoms with van der Waals surface area (Å²) in [6, 6.07) is 36.3. The van der Waals surface area contributed by atoms with E-state index in [2.05, 4.69) is 15.9 Å². The van der Waals surface area contributed by atoms with Gasteiger partial charge in [0.1, 0.15) is 5.70 Å². The SMILES string of the molecule is O=C1C(=Cc2ccc(Br)cc2)C2=C(C(=O)N(c3ccccc3)C2c2ccccc2)N1c1ccccc1. The second-order valence-corrected chi connectivity index (χ2v) is 9.59. The third-order valence-electron chi connectivity index (χ3n) is 6.50. The van der Waals surface area contributed by atoms with E-state index in [0.29, 0.717) is 17.0 Å². The highest BCUT2D eigenvalue weighted by Gasteiger charge is 2.52. The van der Waals surface area contributed by atoms with Gasteiger partial charge < -0.3 is 0 Å². The minimum absolute atomic E-state index is 0.193. The number of carbonyl (C=O) groups is 2. The summed E-state index contributed by atoms with van der Waals surface area (Å²) in [4.78, 5) is 31.6. The molecule has 1 atom stereocenters. The van der Waals surface area contributed by atoms with Crippen molar-refractivity contribution in [3.8, 4) is 0 Å². The molecule has 2 aliphatic heterocycles. The van der Waals surface area contributed by atoms with Crippen molar-refractivity contribution < 1.29 is 9.59 Å². The fourth-order valence-corrected chi connectivity index (χ4v) is 5.19. The van der Waals surface area contributed by atoms with Gasteiger partial charge in [-0.1, -0.05) is 94.8 Å². The van der Waals surface area contributed by atoms with Crippen LogP contribution in [-0.4, -0.2) is 11.8 Å². The van der Waals surface area contributed by atoms with E-state index in [1.807, 2.05) is 121 Å². The standard InChI is InChI=1S/C31H21BrN2O2/c32-23-18-16-21(17-19-23)20-26-27-28(22-10-4-1-5-11-22)33(24-12-6-2-7-13-24)31(36)29(27)34(30(26)35)25-14-8-3-9-15-25/h1-20,28H. The Balaban J connectivity index is 1.61. The maximum absolute atomic E-state index is 14.2. The summed E-state index contributed by atoms with van der Waals surface area (Å²) in [6.45, 7) is 0. The van der Waals surface area contributed by atoms with Gasteiger partial charge >= 0.3 is 0 Å². The first-order valence-electron chi connectivity index (χ1n) is 11.7. The molecule has 1 unspecified atom stereocenters. The van der Waals surface area contributed by atoms with Crippen LogP contribution in [0.3, 0.4) is 0 Å². The minimum Gasteiger partial charge on any atom is -0.295 e. The molecule has 4 aromatic carbocycles. The van der Waals surface area contributed by atoms with Crippen LogP contribution in [0.2, 0.25) is 0 Å². The first kappa shape index (κ1) is 22.3. The van der Waals surface area contributed by atoms with E-state index in [9.17, 15) is 9.59 Å². The van der Waals surface area contributed by atoms with E-state index in [-0.39, 0.29) is 11.8 Å². The van der Waals surface area contributed by atoms with Crippen molar-refractivity contribution in [2.75, 3.05) is 9.80 Å². The van der Waals surface area contributed by atoms with Crippen molar-refractivity contribution in [2.45, 2.75) is 6.04 Å². The molecule has 0 saturated carbocycles. The number of carbonyl (C=O) groups excluding carboxylic acids is 2. The van der Waals surface area contributed by atoms with E-state index in [1.54, 1.807) is 9.80 Å². The first-order chi connectivity index (χ1) is 17.6. The highest BCUT2D eigenvalue weighted by atomic mass is 79.9. The second kappa shape index (κ2) is 9.10. The largest absolute Gasteiger partial charge is 0.295 e. The molecule has 0 N–H and O–H groups in total. The zero-order valence-corrected chi connectivity index (χ0v) is 20.8. The highest BCUT2D eigenvalue weighted by molar-refractivity contribution is 9.10. The van der Waals surface area contributed by atoms with Gasteiger partial charge in [-0.2, -0.15) is 0 Å². The third-order valence-corrected chi connectivity index (χ3v) is 7.03.